The highest BCUT2D eigenvalue weighted by Crippen LogP contribution is 2.19. The number of halogens is 1. The smallest absolute Gasteiger partial charge is 0.307 e. The largest absolute Gasteiger partial charge is 0.507 e. The Balaban J connectivity index is 2.04. The van der Waals surface area contributed by atoms with Gasteiger partial charge in [0.2, 0.25) is 0 Å². The summed E-state index contributed by atoms with van der Waals surface area (Å²) in [4.78, 5) is 11.6. The van der Waals surface area contributed by atoms with Crippen LogP contribution in [0, 0.1) is 6.92 Å². The maximum atomic E-state index is 11.6. The van der Waals surface area contributed by atoms with E-state index >= 15 is 0 Å². The zero-order valence-corrected chi connectivity index (χ0v) is 11.6. The van der Waals surface area contributed by atoms with Crippen molar-refractivity contribution in [3.8, 4) is 5.75 Å². The number of amides is 1. The summed E-state index contributed by atoms with van der Waals surface area (Å²) in [5.74, 6) is 0.473. The Morgan fingerprint density at radius 3 is 2.89 bits per heavy atom. The summed E-state index contributed by atoms with van der Waals surface area (Å²) in [5, 5.41) is 13.3. The van der Waals surface area contributed by atoms with Crippen LogP contribution in [0.5, 0.6) is 5.75 Å². The molecule has 5 nitrogen and oxygen atoms in total. The van der Waals surface area contributed by atoms with Gasteiger partial charge in [0, 0.05) is 10.0 Å². The molecule has 2 rings (SSSR count). The molecule has 0 saturated carbocycles. The van der Waals surface area contributed by atoms with E-state index in [0.29, 0.717) is 11.3 Å². The quantitative estimate of drug-likeness (QED) is 0.674. The minimum absolute atomic E-state index is 0.0787. The Morgan fingerprint density at radius 1 is 1.42 bits per heavy atom. The van der Waals surface area contributed by atoms with Gasteiger partial charge < -0.3 is 9.52 Å². The monoisotopic (exact) mass is 322 g/mol. The molecular weight excluding hydrogens is 312 g/mol. The molecule has 0 fully saturated rings. The third-order valence-electron chi connectivity index (χ3n) is 2.32. The summed E-state index contributed by atoms with van der Waals surface area (Å²) in [6.45, 7) is 1.75. The van der Waals surface area contributed by atoms with Crippen LogP contribution in [0.25, 0.3) is 0 Å². The second-order valence-electron chi connectivity index (χ2n) is 3.81. The molecule has 0 aliphatic heterocycles. The van der Waals surface area contributed by atoms with Crippen LogP contribution in [0.1, 0.15) is 21.9 Å². The number of carbonyl (C=O) groups is 1. The number of rotatable bonds is 3. The van der Waals surface area contributed by atoms with Gasteiger partial charge in [-0.3, -0.25) is 4.79 Å². The summed E-state index contributed by atoms with van der Waals surface area (Å²) in [6.07, 6.45) is 1.35. The van der Waals surface area contributed by atoms with Crippen LogP contribution in [0.4, 0.5) is 0 Å². The number of hydrogen-bond donors (Lipinski definition) is 2. The number of hydrazone groups is 1. The molecule has 1 aromatic carbocycles. The van der Waals surface area contributed by atoms with E-state index in [1.54, 1.807) is 31.2 Å². The number of furan rings is 1. The Hall–Kier alpha value is -2.08. The lowest BCUT2D eigenvalue weighted by atomic mass is 10.2. The van der Waals surface area contributed by atoms with Crippen LogP contribution in [-0.4, -0.2) is 17.2 Å². The molecule has 1 aromatic heterocycles. The first-order valence-corrected chi connectivity index (χ1v) is 6.24. The first kappa shape index (κ1) is 13.4. The van der Waals surface area contributed by atoms with Gasteiger partial charge in [0.15, 0.2) is 5.76 Å². The Labute approximate surface area is 118 Å². The maximum Gasteiger partial charge on any atom is 0.307 e. The zero-order chi connectivity index (χ0) is 13.8. The summed E-state index contributed by atoms with van der Waals surface area (Å²) in [7, 11) is 0. The molecule has 2 N–H and O–H groups in total. The van der Waals surface area contributed by atoms with E-state index in [1.807, 2.05) is 0 Å². The van der Waals surface area contributed by atoms with E-state index in [2.05, 4.69) is 26.5 Å². The van der Waals surface area contributed by atoms with Gasteiger partial charge in [0.05, 0.1) is 6.21 Å². The van der Waals surface area contributed by atoms with Crippen molar-refractivity contribution in [1.29, 1.82) is 0 Å². The van der Waals surface area contributed by atoms with E-state index in [0.717, 1.165) is 4.47 Å². The van der Waals surface area contributed by atoms with Crippen LogP contribution in [0.3, 0.4) is 0 Å². The summed E-state index contributed by atoms with van der Waals surface area (Å²) >= 11 is 3.28. The van der Waals surface area contributed by atoms with Gasteiger partial charge >= 0.3 is 5.91 Å². The number of aromatic hydroxyl groups is 1. The van der Waals surface area contributed by atoms with Crippen molar-refractivity contribution in [2.45, 2.75) is 6.92 Å². The van der Waals surface area contributed by atoms with Crippen molar-refractivity contribution in [2.24, 2.45) is 5.10 Å². The molecule has 6 heteroatoms. The number of benzene rings is 1. The molecule has 1 amide bonds. The molecule has 0 spiro atoms. The second-order valence-corrected chi connectivity index (χ2v) is 4.73. The van der Waals surface area contributed by atoms with Crippen molar-refractivity contribution >= 4 is 28.1 Å². The van der Waals surface area contributed by atoms with E-state index in [4.69, 9.17) is 4.42 Å². The molecule has 19 heavy (non-hydrogen) atoms. The molecule has 0 radical (unpaired) electrons. The minimum atomic E-state index is -0.446. The van der Waals surface area contributed by atoms with Crippen LogP contribution in [-0.2, 0) is 0 Å². The highest BCUT2D eigenvalue weighted by molar-refractivity contribution is 9.10. The Kier molecular flexibility index (Phi) is 4.01. The number of phenols is 1. The standard InChI is InChI=1S/C13H11BrN2O3/c1-8-2-5-12(19-8)13(18)16-15-7-9-6-10(14)3-4-11(9)17/h2-7,17H,1H3,(H,16,18). The molecule has 0 aliphatic carbocycles. The van der Waals surface area contributed by atoms with Crippen molar-refractivity contribution in [3.63, 3.8) is 0 Å². The summed E-state index contributed by atoms with van der Waals surface area (Å²) in [6, 6.07) is 8.18. The first-order valence-electron chi connectivity index (χ1n) is 5.44. The molecule has 0 unspecified atom stereocenters. The maximum absolute atomic E-state index is 11.6. The predicted octanol–water partition coefficient (Wildman–Crippen LogP) is 2.82. The molecule has 2 aromatic rings. The zero-order valence-electron chi connectivity index (χ0n) is 10.1. The number of aryl methyl sites for hydroxylation is 1. The second kappa shape index (κ2) is 5.71. The SMILES string of the molecule is Cc1ccc(C(=O)NN=Cc2cc(Br)ccc2O)o1. The van der Waals surface area contributed by atoms with Gasteiger partial charge in [0.1, 0.15) is 11.5 Å². The van der Waals surface area contributed by atoms with Crippen LogP contribution in [0.2, 0.25) is 0 Å². The lowest BCUT2D eigenvalue weighted by Gasteiger charge is -1.99. The average molecular weight is 323 g/mol. The molecular formula is C13H11BrN2O3. The van der Waals surface area contributed by atoms with Gasteiger partial charge in [-0.05, 0) is 37.3 Å². The normalized spacial score (nSPS) is 10.8. The van der Waals surface area contributed by atoms with Gasteiger partial charge in [-0.15, -0.1) is 0 Å². The fourth-order valence-corrected chi connectivity index (χ4v) is 1.78. The van der Waals surface area contributed by atoms with E-state index in [-0.39, 0.29) is 11.5 Å². The van der Waals surface area contributed by atoms with Crippen molar-refractivity contribution in [2.75, 3.05) is 0 Å². The van der Waals surface area contributed by atoms with E-state index < -0.39 is 5.91 Å². The van der Waals surface area contributed by atoms with Gasteiger partial charge in [0.25, 0.3) is 0 Å². The van der Waals surface area contributed by atoms with Gasteiger partial charge in [-0.1, -0.05) is 15.9 Å². The minimum Gasteiger partial charge on any atom is -0.507 e. The van der Waals surface area contributed by atoms with Crippen molar-refractivity contribution in [1.82, 2.24) is 5.43 Å². The molecule has 0 atom stereocenters. The number of hydrogen-bond acceptors (Lipinski definition) is 4. The first-order chi connectivity index (χ1) is 9.06. The van der Waals surface area contributed by atoms with Crippen LogP contribution < -0.4 is 5.43 Å². The highest BCUT2D eigenvalue weighted by Gasteiger charge is 2.08. The molecule has 0 bridgehead atoms. The number of nitrogens with zero attached hydrogens (tertiary/aromatic N) is 1. The third kappa shape index (κ3) is 3.45. The van der Waals surface area contributed by atoms with Crippen molar-refractivity contribution in [3.05, 3.63) is 51.9 Å². The van der Waals surface area contributed by atoms with Gasteiger partial charge in [-0.25, -0.2) is 5.43 Å². The molecule has 98 valence electrons. The Morgan fingerprint density at radius 2 is 2.21 bits per heavy atom. The molecule has 0 aliphatic rings. The number of phenolic OH excluding ortho intramolecular Hbond substituents is 1. The third-order valence-corrected chi connectivity index (χ3v) is 2.82. The summed E-state index contributed by atoms with van der Waals surface area (Å²) < 4.78 is 5.95. The molecule has 0 saturated heterocycles. The Bertz CT molecular complexity index is 635. The molecule has 1 heterocycles. The lowest BCUT2D eigenvalue weighted by molar-refractivity contribution is 0.0926. The lowest BCUT2D eigenvalue weighted by Crippen LogP contribution is -2.16. The van der Waals surface area contributed by atoms with E-state index in [9.17, 15) is 9.90 Å². The topological polar surface area (TPSA) is 74.8 Å². The van der Waals surface area contributed by atoms with Crippen LogP contribution in [0.15, 0.2) is 44.3 Å². The number of nitrogens with one attached hydrogen (secondary N) is 1. The van der Waals surface area contributed by atoms with Crippen molar-refractivity contribution < 1.29 is 14.3 Å². The van der Waals surface area contributed by atoms with Crippen LogP contribution >= 0.6 is 15.9 Å². The predicted molar refractivity (Wildman–Crippen MR) is 74.3 cm³/mol. The average Bonchev–Trinajstić information content (AvgIpc) is 2.80. The summed E-state index contributed by atoms with van der Waals surface area (Å²) in [5.41, 5.74) is 2.81. The highest BCUT2D eigenvalue weighted by atomic mass is 79.9. The van der Waals surface area contributed by atoms with E-state index in [1.165, 1.54) is 12.3 Å². The fourth-order valence-electron chi connectivity index (χ4n) is 1.40. The van der Waals surface area contributed by atoms with Gasteiger partial charge in [-0.2, -0.15) is 5.10 Å². The fraction of sp³-hybridized carbons (Fsp3) is 0.0769. The number of carbonyl (C=O) groups excluding carboxylic acids is 1.